The molecule has 25 heavy (non-hydrogen) atoms. The molecule has 1 aliphatic heterocycles. The van der Waals surface area contributed by atoms with Gasteiger partial charge in [-0.2, -0.15) is 8.99 Å². The number of hydrogen-bond acceptors (Lipinski definition) is 7. The zero-order valence-electron chi connectivity index (χ0n) is 14.4. The van der Waals surface area contributed by atoms with Gasteiger partial charge in [0.25, 0.3) is 0 Å². The molecule has 0 radical (unpaired) electrons. The molecule has 0 atom stereocenters. The Balaban J connectivity index is 1.66. The molecule has 10 heteroatoms. The van der Waals surface area contributed by atoms with Crippen LogP contribution in [0.5, 0.6) is 5.75 Å². The van der Waals surface area contributed by atoms with Crippen LogP contribution < -0.4 is 4.74 Å². The average molecular weight is 366 g/mol. The highest BCUT2D eigenvalue weighted by molar-refractivity contribution is 7.89. The van der Waals surface area contributed by atoms with Gasteiger partial charge in [-0.3, -0.25) is 4.90 Å². The molecule has 0 amide bonds. The van der Waals surface area contributed by atoms with Crippen molar-refractivity contribution in [3.05, 3.63) is 30.1 Å². The second kappa shape index (κ2) is 7.46. The van der Waals surface area contributed by atoms with Gasteiger partial charge in [-0.1, -0.05) is 0 Å². The Morgan fingerprint density at radius 2 is 1.80 bits per heavy atom. The fourth-order valence-corrected chi connectivity index (χ4v) is 3.86. The van der Waals surface area contributed by atoms with Crippen molar-refractivity contribution in [1.29, 1.82) is 0 Å². The Kier molecular flexibility index (Phi) is 5.30. The molecule has 1 aliphatic rings. The number of methoxy groups -OCH3 is 1. The Morgan fingerprint density at radius 1 is 1.12 bits per heavy atom. The van der Waals surface area contributed by atoms with Crippen LogP contribution in [-0.4, -0.2) is 76.9 Å². The molecular formula is C15H22N6O3S. The maximum atomic E-state index is 11.9. The summed E-state index contributed by atoms with van der Waals surface area (Å²) < 4.78 is 32.3. The molecule has 136 valence electrons. The van der Waals surface area contributed by atoms with E-state index in [0.717, 1.165) is 17.3 Å². The van der Waals surface area contributed by atoms with E-state index >= 15 is 0 Å². The summed E-state index contributed by atoms with van der Waals surface area (Å²) in [5, 5.41) is 11.9. The van der Waals surface area contributed by atoms with Crippen LogP contribution in [0.2, 0.25) is 0 Å². The molecule has 0 aliphatic carbocycles. The molecule has 0 N–H and O–H groups in total. The number of hydrogen-bond donors (Lipinski definition) is 0. The molecule has 0 saturated carbocycles. The van der Waals surface area contributed by atoms with Gasteiger partial charge in [-0.15, -0.1) is 5.10 Å². The SMILES string of the molecule is CCS(=O)(=O)N1CCN(Cc2nnnn2-c2ccc(OC)cc2)CC1. The zero-order valence-corrected chi connectivity index (χ0v) is 15.2. The third kappa shape index (κ3) is 3.97. The van der Waals surface area contributed by atoms with Gasteiger partial charge in [0.05, 0.1) is 25.1 Å². The number of piperazine rings is 1. The van der Waals surface area contributed by atoms with E-state index in [2.05, 4.69) is 20.4 Å². The standard InChI is InChI=1S/C15H22N6O3S/c1-3-25(22,23)20-10-8-19(9-11-20)12-15-16-17-18-21(15)13-4-6-14(24-2)7-5-13/h4-7H,3,8-12H2,1-2H3. The number of tetrazole rings is 1. The lowest BCUT2D eigenvalue weighted by molar-refractivity contribution is 0.177. The van der Waals surface area contributed by atoms with Crippen LogP contribution in [0.3, 0.4) is 0 Å². The lowest BCUT2D eigenvalue weighted by Crippen LogP contribution is -2.48. The topological polar surface area (TPSA) is 93.5 Å². The van der Waals surface area contributed by atoms with Crippen molar-refractivity contribution in [3.63, 3.8) is 0 Å². The Bertz CT molecular complexity index is 797. The summed E-state index contributed by atoms with van der Waals surface area (Å²) in [5.74, 6) is 1.63. The van der Waals surface area contributed by atoms with E-state index < -0.39 is 10.0 Å². The van der Waals surface area contributed by atoms with Gasteiger partial charge < -0.3 is 4.74 Å². The summed E-state index contributed by atoms with van der Waals surface area (Å²) >= 11 is 0. The van der Waals surface area contributed by atoms with Crippen molar-refractivity contribution >= 4 is 10.0 Å². The maximum absolute atomic E-state index is 11.9. The van der Waals surface area contributed by atoms with E-state index in [4.69, 9.17) is 4.74 Å². The first-order valence-corrected chi connectivity index (χ1v) is 9.76. The summed E-state index contributed by atoms with van der Waals surface area (Å²) in [6.45, 7) is 4.56. The molecule has 1 aromatic heterocycles. The van der Waals surface area contributed by atoms with Gasteiger partial charge in [-0.25, -0.2) is 8.42 Å². The van der Waals surface area contributed by atoms with Crippen molar-refractivity contribution in [3.8, 4) is 11.4 Å². The normalized spacial score (nSPS) is 16.9. The first kappa shape index (κ1) is 17.8. The van der Waals surface area contributed by atoms with Crippen molar-refractivity contribution < 1.29 is 13.2 Å². The van der Waals surface area contributed by atoms with Gasteiger partial charge in [0.15, 0.2) is 5.82 Å². The number of benzene rings is 1. The summed E-state index contributed by atoms with van der Waals surface area (Å²) in [5.41, 5.74) is 0.855. The Hall–Kier alpha value is -2.04. The maximum Gasteiger partial charge on any atom is 0.213 e. The highest BCUT2D eigenvalue weighted by Crippen LogP contribution is 2.16. The van der Waals surface area contributed by atoms with Crippen LogP contribution in [0.15, 0.2) is 24.3 Å². The number of rotatable bonds is 6. The first-order chi connectivity index (χ1) is 12.0. The van der Waals surface area contributed by atoms with Gasteiger partial charge in [0.1, 0.15) is 5.75 Å². The molecule has 1 aromatic carbocycles. The van der Waals surface area contributed by atoms with Crippen molar-refractivity contribution in [2.24, 2.45) is 0 Å². The molecule has 1 fully saturated rings. The molecule has 1 saturated heterocycles. The van der Waals surface area contributed by atoms with Gasteiger partial charge >= 0.3 is 0 Å². The van der Waals surface area contributed by atoms with Crippen LogP contribution in [0.1, 0.15) is 12.7 Å². The molecule has 3 rings (SSSR count). The highest BCUT2D eigenvalue weighted by Gasteiger charge is 2.26. The van der Waals surface area contributed by atoms with E-state index in [9.17, 15) is 8.42 Å². The highest BCUT2D eigenvalue weighted by atomic mass is 32.2. The number of ether oxygens (including phenoxy) is 1. The average Bonchev–Trinajstić information content (AvgIpc) is 3.10. The van der Waals surface area contributed by atoms with Crippen LogP contribution in [0, 0.1) is 0 Å². The number of sulfonamides is 1. The fourth-order valence-electron chi connectivity index (χ4n) is 2.78. The molecule has 0 bridgehead atoms. The molecule has 2 heterocycles. The summed E-state index contributed by atoms with van der Waals surface area (Å²) in [7, 11) is -1.49. The van der Waals surface area contributed by atoms with E-state index in [0.29, 0.717) is 32.7 Å². The fraction of sp³-hybridized carbons (Fsp3) is 0.533. The van der Waals surface area contributed by atoms with Crippen molar-refractivity contribution in [2.75, 3.05) is 39.0 Å². The zero-order chi connectivity index (χ0) is 17.9. The summed E-state index contributed by atoms with van der Waals surface area (Å²) in [6.07, 6.45) is 0. The van der Waals surface area contributed by atoms with Crippen LogP contribution in [-0.2, 0) is 16.6 Å². The van der Waals surface area contributed by atoms with E-state index in [1.165, 1.54) is 0 Å². The molecular weight excluding hydrogens is 344 g/mol. The van der Waals surface area contributed by atoms with Gasteiger partial charge in [0, 0.05) is 26.2 Å². The monoisotopic (exact) mass is 366 g/mol. The number of aromatic nitrogens is 4. The Morgan fingerprint density at radius 3 is 2.40 bits per heavy atom. The predicted molar refractivity (Wildman–Crippen MR) is 92.0 cm³/mol. The van der Waals surface area contributed by atoms with Crippen molar-refractivity contribution in [1.82, 2.24) is 29.4 Å². The second-order valence-corrected chi connectivity index (χ2v) is 8.04. The third-order valence-corrected chi connectivity index (χ3v) is 6.19. The van der Waals surface area contributed by atoms with E-state index in [1.54, 1.807) is 23.0 Å². The Labute approximate surface area is 147 Å². The minimum absolute atomic E-state index is 0.142. The van der Waals surface area contributed by atoms with Crippen molar-refractivity contribution in [2.45, 2.75) is 13.5 Å². The van der Waals surface area contributed by atoms with E-state index in [1.807, 2.05) is 24.3 Å². The molecule has 0 spiro atoms. The summed E-state index contributed by atoms with van der Waals surface area (Å²) in [4.78, 5) is 2.16. The molecule has 0 unspecified atom stereocenters. The second-order valence-electron chi connectivity index (χ2n) is 5.78. The van der Waals surface area contributed by atoms with Crippen LogP contribution in [0.25, 0.3) is 5.69 Å². The quantitative estimate of drug-likeness (QED) is 0.718. The molecule has 2 aromatic rings. The van der Waals surface area contributed by atoms with Gasteiger partial charge in [0.2, 0.25) is 10.0 Å². The van der Waals surface area contributed by atoms with Crippen LogP contribution in [0.4, 0.5) is 0 Å². The smallest absolute Gasteiger partial charge is 0.213 e. The summed E-state index contributed by atoms with van der Waals surface area (Å²) in [6, 6.07) is 7.50. The number of nitrogens with zero attached hydrogens (tertiary/aromatic N) is 6. The largest absolute Gasteiger partial charge is 0.497 e. The first-order valence-electron chi connectivity index (χ1n) is 8.15. The van der Waals surface area contributed by atoms with Crippen LogP contribution >= 0.6 is 0 Å². The molecule has 9 nitrogen and oxygen atoms in total. The van der Waals surface area contributed by atoms with Gasteiger partial charge in [-0.05, 0) is 41.6 Å². The minimum atomic E-state index is -3.12. The lowest BCUT2D eigenvalue weighted by atomic mass is 10.3. The van der Waals surface area contributed by atoms with E-state index in [-0.39, 0.29) is 5.75 Å². The predicted octanol–water partition coefficient (Wildman–Crippen LogP) is 0.138. The minimum Gasteiger partial charge on any atom is -0.497 e. The third-order valence-electron chi connectivity index (χ3n) is 4.31. The lowest BCUT2D eigenvalue weighted by Gasteiger charge is -2.33.